The van der Waals surface area contributed by atoms with Gasteiger partial charge < -0.3 is 19.8 Å². The number of aromatic nitrogens is 3. The molecule has 33 heavy (non-hydrogen) atoms. The van der Waals surface area contributed by atoms with Crippen LogP contribution in [0, 0.1) is 18.3 Å². The first-order valence-electron chi connectivity index (χ1n) is 11.5. The molecule has 2 bridgehead atoms. The molecular formula is C25H28N4O4. The highest BCUT2D eigenvalue weighted by Gasteiger charge is 2.75. The minimum atomic E-state index is -1.06. The zero-order valence-electron chi connectivity index (χ0n) is 18.9. The number of carbonyl (C=O) groups is 1. The summed E-state index contributed by atoms with van der Waals surface area (Å²) in [6.07, 6.45) is 3.48. The smallest absolute Gasteiger partial charge is 0.310 e. The van der Waals surface area contributed by atoms with Crippen LogP contribution in [-0.2, 0) is 20.5 Å². The molecule has 8 nitrogen and oxygen atoms in total. The number of ether oxygens (including phenoxy) is 1. The highest BCUT2D eigenvalue weighted by atomic mass is 16.5. The fourth-order valence-electron chi connectivity index (χ4n) is 6.30. The number of anilines is 1. The molecule has 1 aliphatic carbocycles. The van der Waals surface area contributed by atoms with Gasteiger partial charge in [-0.05, 0) is 37.0 Å². The quantitative estimate of drug-likeness (QED) is 0.619. The minimum absolute atomic E-state index is 0.0859. The van der Waals surface area contributed by atoms with Crippen molar-refractivity contribution >= 4 is 17.3 Å². The summed E-state index contributed by atoms with van der Waals surface area (Å²) in [4.78, 5) is 19.1. The number of aliphatic hydroxyl groups is 1. The van der Waals surface area contributed by atoms with Gasteiger partial charge in [0.2, 0.25) is 0 Å². The van der Waals surface area contributed by atoms with Crippen LogP contribution in [0.1, 0.15) is 36.7 Å². The summed E-state index contributed by atoms with van der Waals surface area (Å²) in [5, 5.41) is 24.4. The number of fused-ring (bicyclic) bond motifs is 2. The third kappa shape index (κ3) is 2.74. The Kier molecular flexibility index (Phi) is 4.23. The summed E-state index contributed by atoms with van der Waals surface area (Å²) >= 11 is 0. The monoisotopic (exact) mass is 448 g/mol. The van der Waals surface area contributed by atoms with E-state index in [1.54, 1.807) is 4.52 Å². The molecule has 5 heterocycles. The molecule has 1 aromatic carbocycles. The molecule has 2 N–H and O–H groups in total. The van der Waals surface area contributed by atoms with Crippen molar-refractivity contribution in [1.29, 1.82) is 0 Å². The molecule has 1 saturated carbocycles. The lowest BCUT2D eigenvalue weighted by molar-refractivity contribution is -0.173. The molecule has 3 saturated heterocycles. The van der Waals surface area contributed by atoms with Gasteiger partial charge in [-0.25, -0.2) is 9.50 Å². The molecule has 8 heteroatoms. The van der Waals surface area contributed by atoms with Gasteiger partial charge in [-0.2, -0.15) is 0 Å². The Morgan fingerprint density at radius 2 is 2.09 bits per heavy atom. The Morgan fingerprint density at radius 3 is 2.82 bits per heavy atom. The van der Waals surface area contributed by atoms with Gasteiger partial charge in [0.25, 0.3) is 0 Å². The number of aryl methyl sites for hydroxylation is 1. The van der Waals surface area contributed by atoms with Crippen molar-refractivity contribution in [2.45, 2.75) is 37.7 Å². The second-order valence-electron chi connectivity index (χ2n) is 10.3. The van der Waals surface area contributed by atoms with Crippen molar-refractivity contribution in [3.05, 3.63) is 59.5 Å². The SMILES string of the molecule is Cc1cc(N2CC[C@](C)(c3ccccc3)C2)cn2nc(C34CC(CO)(CO3)C4C(=O)O)nc12. The van der Waals surface area contributed by atoms with E-state index in [1.165, 1.54) is 5.56 Å². The van der Waals surface area contributed by atoms with Crippen molar-refractivity contribution in [3.63, 3.8) is 0 Å². The average Bonchev–Trinajstić information content (AvgIpc) is 3.54. The molecule has 172 valence electrons. The Hall–Kier alpha value is -2.97. The molecule has 0 radical (unpaired) electrons. The van der Waals surface area contributed by atoms with Crippen LogP contribution in [0.5, 0.6) is 0 Å². The van der Waals surface area contributed by atoms with Crippen LogP contribution in [0.2, 0.25) is 0 Å². The molecule has 3 aromatic rings. The lowest BCUT2D eigenvalue weighted by atomic mass is 9.54. The number of benzene rings is 1. The van der Waals surface area contributed by atoms with Crippen molar-refractivity contribution in [1.82, 2.24) is 14.6 Å². The van der Waals surface area contributed by atoms with Gasteiger partial charge in [0, 0.05) is 23.9 Å². The normalized spacial score (nSPS) is 32.9. The Labute approximate surface area is 191 Å². The number of pyridine rings is 1. The number of hydrogen-bond acceptors (Lipinski definition) is 6. The first-order valence-corrected chi connectivity index (χ1v) is 11.5. The van der Waals surface area contributed by atoms with Crippen LogP contribution in [0.25, 0.3) is 5.65 Å². The zero-order chi connectivity index (χ0) is 23.0. The molecule has 4 fully saturated rings. The van der Waals surface area contributed by atoms with Crippen LogP contribution in [0.4, 0.5) is 5.69 Å². The maximum Gasteiger partial charge on any atom is 0.310 e. The van der Waals surface area contributed by atoms with E-state index in [2.05, 4.69) is 42.2 Å². The van der Waals surface area contributed by atoms with E-state index in [0.29, 0.717) is 17.9 Å². The van der Waals surface area contributed by atoms with Crippen molar-refractivity contribution < 1.29 is 19.7 Å². The van der Waals surface area contributed by atoms with Crippen LogP contribution in [-0.4, -0.2) is 57.1 Å². The lowest BCUT2D eigenvalue weighted by Gasteiger charge is -2.47. The first-order chi connectivity index (χ1) is 15.8. The second kappa shape index (κ2) is 6.77. The van der Waals surface area contributed by atoms with Gasteiger partial charge >= 0.3 is 5.97 Å². The van der Waals surface area contributed by atoms with E-state index in [4.69, 9.17) is 14.8 Å². The molecular weight excluding hydrogens is 420 g/mol. The summed E-state index contributed by atoms with van der Waals surface area (Å²) in [6, 6.07) is 12.8. The Morgan fingerprint density at radius 1 is 1.30 bits per heavy atom. The standard InChI is InChI=1S/C25H28N4O4/c1-16-10-18(28-9-8-23(2,13-28)17-6-4-3-5-7-17)11-29-20(16)26-22(27-29)25-12-24(14-30,15-33-25)19(25)21(31)32/h3-7,10-11,19,30H,8-9,12-15H2,1-2H3,(H,31,32)/t19?,23-,24?,25?/m0/s1. The van der Waals surface area contributed by atoms with Gasteiger partial charge in [-0.1, -0.05) is 37.3 Å². The number of aliphatic carboxylic acids is 1. The largest absolute Gasteiger partial charge is 0.481 e. The minimum Gasteiger partial charge on any atom is -0.481 e. The summed E-state index contributed by atoms with van der Waals surface area (Å²) in [6.45, 7) is 6.18. The molecule has 3 aliphatic heterocycles. The summed E-state index contributed by atoms with van der Waals surface area (Å²) in [7, 11) is 0. The predicted molar refractivity (Wildman–Crippen MR) is 121 cm³/mol. The van der Waals surface area contributed by atoms with Crippen LogP contribution in [0.3, 0.4) is 0 Å². The molecule has 4 atom stereocenters. The predicted octanol–water partition coefficient (Wildman–Crippen LogP) is 2.51. The first kappa shape index (κ1) is 20.6. The maximum atomic E-state index is 12.0. The third-order valence-electron chi connectivity index (χ3n) is 8.16. The molecule has 7 rings (SSSR count). The van der Waals surface area contributed by atoms with E-state index in [9.17, 15) is 15.0 Å². The number of aliphatic hydroxyl groups excluding tert-OH is 1. The van der Waals surface area contributed by atoms with Crippen molar-refractivity contribution in [3.8, 4) is 0 Å². The number of rotatable bonds is 5. The van der Waals surface area contributed by atoms with E-state index in [1.807, 2.05) is 19.2 Å². The molecule has 2 aromatic heterocycles. The Bertz CT molecular complexity index is 1260. The number of carboxylic acid groups (broad SMARTS) is 1. The van der Waals surface area contributed by atoms with E-state index in [-0.39, 0.29) is 18.6 Å². The molecule has 0 amide bonds. The maximum absolute atomic E-state index is 12.0. The topological polar surface area (TPSA) is 100 Å². The highest BCUT2D eigenvalue weighted by Crippen LogP contribution is 2.66. The lowest BCUT2D eigenvalue weighted by Crippen LogP contribution is -2.58. The van der Waals surface area contributed by atoms with E-state index < -0.39 is 22.9 Å². The summed E-state index contributed by atoms with van der Waals surface area (Å²) < 4.78 is 7.71. The number of hydrogen-bond donors (Lipinski definition) is 2. The third-order valence-corrected chi connectivity index (χ3v) is 8.16. The van der Waals surface area contributed by atoms with E-state index in [0.717, 1.165) is 30.8 Å². The second-order valence-corrected chi connectivity index (χ2v) is 10.3. The van der Waals surface area contributed by atoms with Gasteiger partial charge in [0.05, 0.1) is 25.1 Å². The molecule has 3 unspecified atom stereocenters. The molecule has 0 spiro atoms. The summed E-state index contributed by atoms with van der Waals surface area (Å²) in [5.74, 6) is -1.41. The van der Waals surface area contributed by atoms with Gasteiger partial charge in [0.15, 0.2) is 11.5 Å². The highest BCUT2D eigenvalue weighted by molar-refractivity contribution is 5.76. The van der Waals surface area contributed by atoms with Crippen molar-refractivity contribution in [2.24, 2.45) is 11.3 Å². The van der Waals surface area contributed by atoms with Crippen LogP contribution >= 0.6 is 0 Å². The number of carboxylic acids is 1. The van der Waals surface area contributed by atoms with Crippen LogP contribution < -0.4 is 4.90 Å². The fourth-order valence-corrected chi connectivity index (χ4v) is 6.30. The Balaban J connectivity index is 1.34. The van der Waals surface area contributed by atoms with Crippen molar-refractivity contribution in [2.75, 3.05) is 31.2 Å². The van der Waals surface area contributed by atoms with Gasteiger partial charge in [-0.15, -0.1) is 5.10 Å². The fraction of sp³-hybridized carbons (Fsp3) is 0.480. The average molecular weight is 449 g/mol. The van der Waals surface area contributed by atoms with E-state index >= 15 is 0 Å². The summed E-state index contributed by atoms with van der Waals surface area (Å²) in [5.41, 5.74) is 2.40. The molecule has 4 aliphatic rings. The van der Waals surface area contributed by atoms with Crippen LogP contribution in [0.15, 0.2) is 42.6 Å². The van der Waals surface area contributed by atoms with Gasteiger partial charge in [-0.3, -0.25) is 4.79 Å². The van der Waals surface area contributed by atoms with Gasteiger partial charge in [0.1, 0.15) is 11.5 Å². The number of nitrogens with zero attached hydrogens (tertiary/aromatic N) is 4. The zero-order valence-corrected chi connectivity index (χ0v) is 18.9.